The number of hydrogen-bond acceptors (Lipinski definition) is 4. The van der Waals surface area contributed by atoms with Gasteiger partial charge in [0.15, 0.2) is 0 Å². The van der Waals surface area contributed by atoms with Gasteiger partial charge in [-0.1, -0.05) is 6.42 Å². The highest BCUT2D eigenvalue weighted by Gasteiger charge is 2.24. The van der Waals surface area contributed by atoms with Crippen LogP contribution in [0.25, 0.3) is 0 Å². The van der Waals surface area contributed by atoms with Gasteiger partial charge in [-0.15, -0.1) is 0 Å². The second kappa shape index (κ2) is 6.31. The van der Waals surface area contributed by atoms with Crippen molar-refractivity contribution in [2.24, 2.45) is 0 Å². The third-order valence-electron chi connectivity index (χ3n) is 4.23. The number of ether oxygens (including phenoxy) is 1. The van der Waals surface area contributed by atoms with Crippen LogP contribution < -0.4 is 0 Å². The highest BCUT2D eigenvalue weighted by Crippen LogP contribution is 2.34. The minimum absolute atomic E-state index is 0.270. The SMILES string of the molecule is Cc1cc(CS(=O)C2CCOCC2)nc(C2CCC2)n1. The van der Waals surface area contributed by atoms with E-state index in [1.807, 2.05) is 13.0 Å². The first-order chi connectivity index (χ1) is 9.72. The monoisotopic (exact) mass is 294 g/mol. The molecular weight excluding hydrogens is 272 g/mol. The van der Waals surface area contributed by atoms with Crippen LogP contribution in [0.15, 0.2) is 6.07 Å². The zero-order valence-electron chi connectivity index (χ0n) is 12.0. The summed E-state index contributed by atoms with van der Waals surface area (Å²) in [6.45, 7) is 3.49. The topological polar surface area (TPSA) is 52.1 Å². The van der Waals surface area contributed by atoms with Crippen LogP contribution in [0.4, 0.5) is 0 Å². The highest BCUT2D eigenvalue weighted by molar-refractivity contribution is 7.84. The Bertz CT molecular complexity index is 497. The van der Waals surface area contributed by atoms with E-state index in [1.54, 1.807) is 0 Å². The molecule has 1 aromatic heterocycles. The molecule has 20 heavy (non-hydrogen) atoms. The number of nitrogens with zero attached hydrogens (tertiary/aromatic N) is 2. The summed E-state index contributed by atoms with van der Waals surface area (Å²) >= 11 is 0. The van der Waals surface area contributed by atoms with E-state index in [4.69, 9.17) is 4.74 Å². The third kappa shape index (κ3) is 3.26. The average molecular weight is 294 g/mol. The lowest BCUT2D eigenvalue weighted by Crippen LogP contribution is -2.26. The number of rotatable bonds is 4. The number of aromatic nitrogens is 2. The van der Waals surface area contributed by atoms with Gasteiger partial charge in [-0.2, -0.15) is 0 Å². The summed E-state index contributed by atoms with van der Waals surface area (Å²) in [6.07, 6.45) is 5.50. The second-order valence-electron chi connectivity index (χ2n) is 5.82. The zero-order valence-corrected chi connectivity index (χ0v) is 12.8. The maximum atomic E-state index is 12.4. The highest BCUT2D eigenvalue weighted by atomic mass is 32.2. The largest absolute Gasteiger partial charge is 0.381 e. The molecule has 1 atom stereocenters. The smallest absolute Gasteiger partial charge is 0.131 e. The summed E-state index contributed by atoms with van der Waals surface area (Å²) in [7, 11) is -0.841. The Morgan fingerprint density at radius 2 is 2.00 bits per heavy atom. The molecule has 1 aliphatic heterocycles. The molecule has 1 aliphatic carbocycles. The lowest BCUT2D eigenvalue weighted by atomic mass is 9.85. The Kier molecular flexibility index (Phi) is 4.46. The quantitative estimate of drug-likeness (QED) is 0.856. The van der Waals surface area contributed by atoms with Crippen molar-refractivity contribution in [3.8, 4) is 0 Å². The van der Waals surface area contributed by atoms with Gasteiger partial charge in [0.25, 0.3) is 0 Å². The van der Waals surface area contributed by atoms with Crippen LogP contribution in [0.3, 0.4) is 0 Å². The fourth-order valence-corrected chi connectivity index (χ4v) is 4.18. The normalized spacial score (nSPS) is 22.4. The van der Waals surface area contributed by atoms with Crippen LogP contribution in [-0.2, 0) is 21.3 Å². The first-order valence-electron chi connectivity index (χ1n) is 7.52. The van der Waals surface area contributed by atoms with Gasteiger partial charge in [0, 0.05) is 40.9 Å². The van der Waals surface area contributed by atoms with Crippen molar-refractivity contribution in [1.82, 2.24) is 9.97 Å². The minimum Gasteiger partial charge on any atom is -0.381 e. The van der Waals surface area contributed by atoms with E-state index in [9.17, 15) is 4.21 Å². The molecule has 1 unspecified atom stereocenters. The maximum absolute atomic E-state index is 12.4. The standard InChI is InChI=1S/C15H22N2O2S/c1-11-9-13(17-15(16-11)12-3-2-4-12)10-20(18)14-5-7-19-8-6-14/h9,12,14H,2-8,10H2,1H3. The van der Waals surface area contributed by atoms with Gasteiger partial charge in [-0.3, -0.25) is 4.21 Å². The fourth-order valence-electron chi connectivity index (χ4n) is 2.78. The van der Waals surface area contributed by atoms with Crippen LogP contribution >= 0.6 is 0 Å². The first kappa shape index (κ1) is 14.1. The predicted molar refractivity (Wildman–Crippen MR) is 79.0 cm³/mol. The molecule has 2 aliphatic rings. The van der Waals surface area contributed by atoms with E-state index in [1.165, 1.54) is 19.3 Å². The molecule has 5 heteroatoms. The Hall–Kier alpha value is -0.810. The lowest BCUT2D eigenvalue weighted by molar-refractivity contribution is 0.0992. The Balaban J connectivity index is 1.69. The van der Waals surface area contributed by atoms with Gasteiger partial charge in [0.1, 0.15) is 5.82 Å². The van der Waals surface area contributed by atoms with Gasteiger partial charge < -0.3 is 4.74 Å². The molecule has 0 aromatic carbocycles. The molecule has 0 bridgehead atoms. The van der Waals surface area contributed by atoms with Crippen LogP contribution in [0, 0.1) is 6.92 Å². The van der Waals surface area contributed by atoms with Gasteiger partial charge in [0.2, 0.25) is 0 Å². The molecule has 0 radical (unpaired) electrons. The van der Waals surface area contributed by atoms with Crippen molar-refractivity contribution in [2.45, 2.75) is 55.9 Å². The van der Waals surface area contributed by atoms with Crippen LogP contribution in [-0.4, -0.2) is 32.6 Å². The minimum atomic E-state index is -0.841. The van der Waals surface area contributed by atoms with E-state index < -0.39 is 10.8 Å². The molecule has 1 aromatic rings. The summed E-state index contributed by atoms with van der Waals surface area (Å²) in [6, 6.07) is 1.99. The molecule has 1 saturated heterocycles. The molecule has 0 N–H and O–H groups in total. The van der Waals surface area contributed by atoms with Crippen LogP contribution in [0.2, 0.25) is 0 Å². The van der Waals surface area contributed by atoms with Crippen LogP contribution in [0.5, 0.6) is 0 Å². The van der Waals surface area contributed by atoms with Crippen molar-refractivity contribution in [1.29, 1.82) is 0 Å². The first-order valence-corrected chi connectivity index (χ1v) is 8.90. The number of aryl methyl sites for hydroxylation is 1. The van der Waals surface area contributed by atoms with Gasteiger partial charge in [0.05, 0.1) is 11.4 Å². The van der Waals surface area contributed by atoms with Gasteiger partial charge in [-0.05, 0) is 38.7 Å². The molecular formula is C15H22N2O2S. The molecule has 2 heterocycles. The molecule has 110 valence electrons. The predicted octanol–water partition coefficient (Wildman–Crippen LogP) is 2.48. The molecule has 0 amide bonds. The van der Waals surface area contributed by atoms with Gasteiger partial charge in [-0.25, -0.2) is 9.97 Å². The molecule has 0 spiro atoms. The van der Waals surface area contributed by atoms with Crippen molar-refractivity contribution in [3.05, 3.63) is 23.3 Å². The van der Waals surface area contributed by atoms with Crippen molar-refractivity contribution in [3.63, 3.8) is 0 Å². The maximum Gasteiger partial charge on any atom is 0.131 e. The molecule has 1 saturated carbocycles. The Labute approximate surface area is 122 Å². The van der Waals surface area contributed by atoms with Crippen molar-refractivity contribution in [2.75, 3.05) is 13.2 Å². The molecule has 3 rings (SSSR count). The second-order valence-corrected chi connectivity index (χ2v) is 7.54. The summed E-state index contributed by atoms with van der Waals surface area (Å²) in [5.41, 5.74) is 1.95. The summed E-state index contributed by atoms with van der Waals surface area (Å²) < 4.78 is 17.8. The Morgan fingerprint density at radius 1 is 1.25 bits per heavy atom. The fraction of sp³-hybridized carbons (Fsp3) is 0.733. The number of hydrogen-bond donors (Lipinski definition) is 0. The zero-order chi connectivity index (χ0) is 13.9. The van der Waals surface area contributed by atoms with Crippen molar-refractivity contribution >= 4 is 10.8 Å². The van der Waals surface area contributed by atoms with E-state index in [2.05, 4.69) is 9.97 Å². The van der Waals surface area contributed by atoms with E-state index >= 15 is 0 Å². The van der Waals surface area contributed by atoms with Crippen molar-refractivity contribution < 1.29 is 8.95 Å². The Morgan fingerprint density at radius 3 is 2.65 bits per heavy atom. The van der Waals surface area contributed by atoms with E-state index in [0.717, 1.165) is 43.3 Å². The van der Waals surface area contributed by atoms with E-state index in [0.29, 0.717) is 11.7 Å². The van der Waals surface area contributed by atoms with E-state index in [-0.39, 0.29) is 5.25 Å². The average Bonchev–Trinajstić information content (AvgIpc) is 2.37. The third-order valence-corrected chi connectivity index (χ3v) is 6.02. The lowest BCUT2D eigenvalue weighted by Gasteiger charge is -2.25. The van der Waals surface area contributed by atoms with Crippen LogP contribution in [0.1, 0.15) is 55.2 Å². The molecule has 4 nitrogen and oxygen atoms in total. The molecule has 2 fully saturated rings. The van der Waals surface area contributed by atoms with Gasteiger partial charge >= 0.3 is 0 Å². The summed E-state index contributed by atoms with van der Waals surface area (Å²) in [5, 5.41) is 0.270. The summed E-state index contributed by atoms with van der Waals surface area (Å²) in [5.74, 6) is 2.06. The summed E-state index contributed by atoms with van der Waals surface area (Å²) in [4.78, 5) is 9.20.